The van der Waals surface area contributed by atoms with Crippen LogP contribution in [-0.4, -0.2) is 23.8 Å². The van der Waals surface area contributed by atoms with E-state index in [0.717, 1.165) is 0 Å². The normalized spacial score (nSPS) is 11.2. The van der Waals surface area contributed by atoms with Gasteiger partial charge in [-0.3, -0.25) is 14.4 Å². The average molecular weight is 401 g/mol. The third-order valence-electron chi connectivity index (χ3n) is 4.42. The number of rotatable bonds is 8. The molecule has 6 nitrogen and oxygen atoms in total. The quantitative estimate of drug-likeness (QED) is 0.536. The molecule has 0 aliphatic heterocycles. The van der Waals surface area contributed by atoms with Crippen molar-refractivity contribution in [2.45, 2.75) is 18.9 Å². The van der Waals surface area contributed by atoms with E-state index in [2.05, 4.69) is 16.0 Å². The molecule has 0 heterocycles. The molecule has 3 aromatic carbocycles. The molecule has 0 aliphatic rings. The van der Waals surface area contributed by atoms with Crippen LogP contribution in [0.1, 0.15) is 23.2 Å². The minimum absolute atomic E-state index is 0.0802. The molecule has 3 aromatic rings. The standard InChI is InChI=1S/C24H23N3O3/c28-22(25-19-12-6-2-7-13-19)17-16-21(24(30)26-20-14-8-3-9-15-20)27-23(29)18-10-4-1-5-11-18/h1-15,21H,16-17H2,(H,25,28)(H,26,30)(H,27,29)/t21-/m0/s1. The van der Waals surface area contributed by atoms with Gasteiger partial charge in [0.15, 0.2) is 0 Å². The third kappa shape index (κ3) is 6.31. The molecular formula is C24H23N3O3. The Morgan fingerprint density at radius 2 is 1.17 bits per heavy atom. The van der Waals surface area contributed by atoms with Gasteiger partial charge in [0, 0.05) is 23.4 Å². The van der Waals surface area contributed by atoms with E-state index in [1.807, 2.05) is 30.3 Å². The monoisotopic (exact) mass is 401 g/mol. The van der Waals surface area contributed by atoms with E-state index in [1.165, 1.54) is 0 Å². The number of hydrogen-bond donors (Lipinski definition) is 3. The van der Waals surface area contributed by atoms with Crippen molar-refractivity contribution in [1.82, 2.24) is 5.32 Å². The molecule has 0 spiro atoms. The Morgan fingerprint density at radius 1 is 0.667 bits per heavy atom. The summed E-state index contributed by atoms with van der Waals surface area (Å²) < 4.78 is 0. The van der Waals surface area contributed by atoms with Gasteiger partial charge in [-0.2, -0.15) is 0 Å². The zero-order valence-electron chi connectivity index (χ0n) is 16.4. The molecule has 0 aromatic heterocycles. The van der Waals surface area contributed by atoms with Gasteiger partial charge in [-0.15, -0.1) is 0 Å². The van der Waals surface area contributed by atoms with E-state index >= 15 is 0 Å². The molecule has 0 aliphatic carbocycles. The predicted molar refractivity (Wildman–Crippen MR) is 117 cm³/mol. The van der Waals surface area contributed by atoms with Crippen molar-refractivity contribution in [3.8, 4) is 0 Å². The minimum Gasteiger partial charge on any atom is -0.340 e. The maximum absolute atomic E-state index is 12.8. The number of para-hydroxylation sites is 2. The molecule has 0 fully saturated rings. The minimum atomic E-state index is -0.862. The Kier molecular flexibility index (Phi) is 7.33. The number of anilines is 2. The molecule has 0 saturated heterocycles. The fourth-order valence-electron chi connectivity index (χ4n) is 2.87. The van der Waals surface area contributed by atoms with Gasteiger partial charge in [0.05, 0.1) is 0 Å². The van der Waals surface area contributed by atoms with Crippen molar-refractivity contribution < 1.29 is 14.4 Å². The highest BCUT2D eigenvalue weighted by molar-refractivity contribution is 6.01. The second-order valence-corrected chi connectivity index (χ2v) is 6.70. The molecule has 30 heavy (non-hydrogen) atoms. The second kappa shape index (κ2) is 10.6. The summed E-state index contributed by atoms with van der Waals surface area (Å²) in [5, 5.41) is 8.32. The van der Waals surface area contributed by atoms with Crippen molar-refractivity contribution in [2.75, 3.05) is 10.6 Å². The van der Waals surface area contributed by atoms with Crippen LogP contribution in [-0.2, 0) is 9.59 Å². The summed E-state index contributed by atoms with van der Waals surface area (Å²) >= 11 is 0. The van der Waals surface area contributed by atoms with Gasteiger partial charge in [0.1, 0.15) is 6.04 Å². The summed E-state index contributed by atoms with van der Waals surface area (Å²) in [6, 6.07) is 25.9. The first-order valence-corrected chi connectivity index (χ1v) is 9.68. The molecule has 3 rings (SSSR count). The lowest BCUT2D eigenvalue weighted by Crippen LogP contribution is -2.44. The van der Waals surface area contributed by atoms with E-state index in [-0.39, 0.29) is 30.6 Å². The number of carbonyl (C=O) groups is 3. The van der Waals surface area contributed by atoms with E-state index in [1.54, 1.807) is 60.7 Å². The van der Waals surface area contributed by atoms with Crippen LogP contribution in [0.5, 0.6) is 0 Å². The lowest BCUT2D eigenvalue weighted by molar-refractivity contribution is -0.119. The van der Waals surface area contributed by atoms with Crippen molar-refractivity contribution >= 4 is 29.1 Å². The van der Waals surface area contributed by atoms with Crippen LogP contribution in [0.3, 0.4) is 0 Å². The van der Waals surface area contributed by atoms with Crippen LogP contribution in [0.25, 0.3) is 0 Å². The largest absolute Gasteiger partial charge is 0.340 e. The zero-order valence-corrected chi connectivity index (χ0v) is 16.4. The summed E-state index contributed by atoms with van der Waals surface area (Å²) in [4.78, 5) is 37.6. The smallest absolute Gasteiger partial charge is 0.251 e. The van der Waals surface area contributed by atoms with Crippen LogP contribution in [0.2, 0.25) is 0 Å². The second-order valence-electron chi connectivity index (χ2n) is 6.70. The molecule has 3 amide bonds. The lowest BCUT2D eigenvalue weighted by Gasteiger charge is -2.18. The maximum atomic E-state index is 12.8. The van der Waals surface area contributed by atoms with Crippen molar-refractivity contribution in [2.24, 2.45) is 0 Å². The van der Waals surface area contributed by atoms with Crippen molar-refractivity contribution in [3.63, 3.8) is 0 Å². The molecule has 3 N–H and O–H groups in total. The Labute approximate surface area is 175 Å². The van der Waals surface area contributed by atoms with Crippen LogP contribution >= 0.6 is 0 Å². The summed E-state index contributed by atoms with van der Waals surface area (Å²) in [5.74, 6) is -0.974. The zero-order chi connectivity index (χ0) is 21.2. The first-order chi connectivity index (χ1) is 14.6. The van der Waals surface area contributed by atoms with Gasteiger partial charge in [0.2, 0.25) is 11.8 Å². The molecule has 6 heteroatoms. The number of nitrogens with one attached hydrogen (secondary N) is 3. The molecule has 1 atom stereocenters. The molecule has 152 valence electrons. The predicted octanol–water partition coefficient (Wildman–Crippen LogP) is 3.84. The van der Waals surface area contributed by atoms with Gasteiger partial charge < -0.3 is 16.0 Å². The molecule has 0 radical (unpaired) electrons. The van der Waals surface area contributed by atoms with Gasteiger partial charge in [-0.05, 0) is 42.8 Å². The Bertz CT molecular complexity index is 976. The molecule has 0 saturated carbocycles. The fourth-order valence-corrected chi connectivity index (χ4v) is 2.87. The summed E-state index contributed by atoms with van der Waals surface area (Å²) in [6.07, 6.45) is 0.243. The van der Waals surface area contributed by atoms with E-state index in [0.29, 0.717) is 16.9 Å². The number of carbonyl (C=O) groups excluding carboxylic acids is 3. The molecule has 0 unspecified atom stereocenters. The van der Waals surface area contributed by atoms with Crippen LogP contribution in [0, 0.1) is 0 Å². The van der Waals surface area contributed by atoms with Crippen molar-refractivity contribution in [3.05, 3.63) is 96.6 Å². The topological polar surface area (TPSA) is 87.3 Å². The van der Waals surface area contributed by atoms with Gasteiger partial charge in [-0.25, -0.2) is 0 Å². The SMILES string of the molecule is O=C(CC[C@H](NC(=O)c1ccccc1)C(=O)Nc1ccccc1)Nc1ccccc1. The Hall–Kier alpha value is -3.93. The van der Waals surface area contributed by atoms with Crippen LogP contribution in [0.15, 0.2) is 91.0 Å². The number of benzene rings is 3. The highest BCUT2D eigenvalue weighted by Crippen LogP contribution is 2.11. The van der Waals surface area contributed by atoms with Gasteiger partial charge in [-0.1, -0.05) is 54.6 Å². The van der Waals surface area contributed by atoms with Crippen LogP contribution < -0.4 is 16.0 Å². The van der Waals surface area contributed by atoms with Crippen molar-refractivity contribution in [1.29, 1.82) is 0 Å². The highest BCUT2D eigenvalue weighted by Gasteiger charge is 2.22. The summed E-state index contributed by atoms with van der Waals surface area (Å²) in [5.41, 5.74) is 1.75. The number of hydrogen-bond acceptors (Lipinski definition) is 3. The van der Waals surface area contributed by atoms with E-state index in [9.17, 15) is 14.4 Å². The first-order valence-electron chi connectivity index (χ1n) is 9.68. The summed E-state index contributed by atoms with van der Waals surface area (Å²) in [7, 11) is 0. The maximum Gasteiger partial charge on any atom is 0.251 e. The van der Waals surface area contributed by atoms with Gasteiger partial charge >= 0.3 is 0 Å². The first kappa shape index (κ1) is 20.8. The average Bonchev–Trinajstić information content (AvgIpc) is 2.78. The summed E-state index contributed by atoms with van der Waals surface area (Å²) in [6.45, 7) is 0. The molecule has 0 bridgehead atoms. The Balaban J connectivity index is 1.65. The fraction of sp³-hybridized carbons (Fsp3) is 0.125. The molecular weight excluding hydrogens is 378 g/mol. The van der Waals surface area contributed by atoms with E-state index < -0.39 is 6.04 Å². The van der Waals surface area contributed by atoms with E-state index in [4.69, 9.17) is 0 Å². The van der Waals surface area contributed by atoms with Gasteiger partial charge in [0.25, 0.3) is 5.91 Å². The van der Waals surface area contributed by atoms with Crippen LogP contribution in [0.4, 0.5) is 11.4 Å². The Morgan fingerprint density at radius 3 is 1.73 bits per heavy atom. The third-order valence-corrected chi connectivity index (χ3v) is 4.42. The highest BCUT2D eigenvalue weighted by atomic mass is 16.2. The lowest BCUT2D eigenvalue weighted by atomic mass is 10.1. The number of amides is 3.